The molecule has 0 saturated heterocycles. The molecule has 0 fully saturated rings. The van der Waals surface area contributed by atoms with E-state index in [1.54, 1.807) is 13.2 Å². The van der Waals surface area contributed by atoms with Gasteiger partial charge in [-0.2, -0.15) is 0 Å². The zero-order chi connectivity index (χ0) is 12.0. The molecule has 1 rings (SSSR count). The molecule has 1 heterocycles. The minimum atomic E-state index is -0.684. The van der Waals surface area contributed by atoms with Crippen LogP contribution in [-0.2, 0) is 9.53 Å². The van der Waals surface area contributed by atoms with Crippen LogP contribution >= 0.6 is 11.8 Å². The molecule has 5 heteroatoms. The molecule has 1 atom stereocenters. The van der Waals surface area contributed by atoms with Crippen molar-refractivity contribution in [3.8, 4) is 0 Å². The molecule has 1 aromatic rings. The fourth-order valence-electron chi connectivity index (χ4n) is 1.11. The second-order valence-electron chi connectivity index (χ2n) is 3.53. The van der Waals surface area contributed by atoms with Crippen LogP contribution in [0.5, 0.6) is 0 Å². The van der Waals surface area contributed by atoms with E-state index < -0.39 is 5.54 Å². The van der Waals surface area contributed by atoms with Crippen molar-refractivity contribution in [3.63, 3.8) is 0 Å². The van der Waals surface area contributed by atoms with Gasteiger partial charge < -0.3 is 10.1 Å². The van der Waals surface area contributed by atoms with E-state index in [1.165, 1.54) is 18.9 Å². The number of nitrogens with one attached hydrogen (secondary N) is 1. The summed E-state index contributed by atoms with van der Waals surface area (Å²) in [6, 6.07) is 5.70. The van der Waals surface area contributed by atoms with Crippen LogP contribution < -0.4 is 5.32 Å². The highest BCUT2D eigenvalue weighted by atomic mass is 32.2. The number of nitrogens with zero attached hydrogens (tertiary/aromatic N) is 1. The van der Waals surface area contributed by atoms with E-state index in [-0.39, 0.29) is 5.97 Å². The van der Waals surface area contributed by atoms with Gasteiger partial charge in [-0.15, -0.1) is 11.8 Å². The lowest BCUT2D eigenvalue weighted by Crippen LogP contribution is -2.50. The van der Waals surface area contributed by atoms with Crippen molar-refractivity contribution in [2.45, 2.75) is 17.5 Å². The predicted octanol–water partition coefficient (Wildman–Crippen LogP) is 1.32. The van der Waals surface area contributed by atoms with Gasteiger partial charge in [0.25, 0.3) is 0 Å². The molecule has 88 valence electrons. The smallest absolute Gasteiger partial charge is 0.326 e. The molecule has 0 aliphatic carbocycles. The van der Waals surface area contributed by atoms with Crippen LogP contribution in [0.3, 0.4) is 0 Å². The van der Waals surface area contributed by atoms with Crippen LogP contribution in [0, 0.1) is 0 Å². The fourth-order valence-corrected chi connectivity index (χ4v) is 2.12. The maximum Gasteiger partial charge on any atom is 0.326 e. The zero-order valence-corrected chi connectivity index (χ0v) is 10.5. The number of hydrogen-bond acceptors (Lipinski definition) is 5. The van der Waals surface area contributed by atoms with Crippen molar-refractivity contribution in [3.05, 3.63) is 24.4 Å². The van der Waals surface area contributed by atoms with Gasteiger partial charge in [0.15, 0.2) is 0 Å². The van der Waals surface area contributed by atoms with Crippen LogP contribution in [0.25, 0.3) is 0 Å². The van der Waals surface area contributed by atoms with Crippen LogP contribution in [0.2, 0.25) is 0 Å². The summed E-state index contributed by atoms with van der Waals surface area (Å²) in [4.78, 5) is 15.8. The van der Waals surface area contributed by atoms with E-state index in [0.29, 0.717) is 5.75 Å². The second-order valence-corrected chi connectivity index (χ2v) is 4.53. The first-order chi connectivity index (χ1) is 7.62. The summed E-state index contributed by atoms with van der Waals surface area (Å²) in [5.74, 6) is 0.311. The number of thioether (sulfide) groups is 1. The molecule has 0 aromatic carbocycles. The van der Waals surface area contributed by atoms with Crippen molar-refractivity contribution in [1.29, 1.82) is 0 Å². The highest BCUT2D eigenvalue weighted by molar-refractivity contribution is 7.99. The van der Waals surface area contributed by atoms with E-state index >= 15 is 0 Å². The maximum atomic E-state index is 11.6. The number of aromatic nitrogens is 1. The minimum Gasteiger partial charge on any atom is -0.468 e. The molecular weight excluding hydrogens is 224 g/mol. The molecule has 1 unspecified atom stereocenters. The summed E-state index contributed by atoms with van der Waals surface area (Å²) in [7, 11) is 3.14. The number of carbonyl (C=O) groups is 1. The molecule has 16 heavy (non-hydrogen) atoms. The lowest BCUT2D eigenvalue weighted by Gasteiger charge is -2.25. The third-order valence-electron chi connectivity index (χ3n) is 2.33. The summed E-state index contributed by atoms with van der Waals surface area (Å²) in [5.41, 5.74) is -0.684. The number of ether oxygens (including phenoxy) is 1. The number of methoxy groups -OCH3 is 1. The van der Waals surface area contributed by atoms with Gasteiger partial charge in [-0.05, 0) is 26.1 Å². The number of carbonyl (C=O) groups excluding carboxylic acids is 1. The quantitative estimate of drug-likeness (QED) is 0.621. The summed E-state index contributed by atoms with van der Waals surface area (Å²) >= 11 is 1.52. The molecule has 0 aliphatic heterocycles. The Hall–Kier alpha value is -1.07. The van der Waals surface area contributed by atoms with E-state index in [1.807, 2.05) is 25.1 Å². The summed E-state index contributed by atoms with van der Waals surface area (Å²) in [5, 5.41) is 3.87. The Kier molecular flexibility index (Phi) is 4.76. The standard InChI is InChI=1S/C11H16N2O2S/c1-11(12-2,10(14)15-3)8-16-9-6-4-5-7-13-9/h4-7,12H,8H2,1-3H3. The van der Waals surface area contributed by atoms with E-state index in [2.05, 4.69) is 10.3 Å². The highest BCUT2D eigenvalue weighted by Gasteiger charge is 2.32. The van der Waals surface area contributed by atoms with Crippen LogP contribution in [-0.4, -0.2) is 36.4 Å². The fraction of sp³-hybridized carbons (Fsp3) is 0.455. The molecule has 1 aromatic heterocycles. The van der Waals surface area contributed by atoms with E-state index in [9.17, 15) is 4.79 Å². The zero-order valence-electron chi connectivity index (χ0n) is 9.69. The van der Waals surface area contributed by atoms with Crippen molar-refractivity contribution in [1.82, 2.24) is 10.3 Å². The number of esters is 1. The van der Waals surface area contributed by atoms with Gasteiger partial charge in [0.2, 0.25) is 0 Å². The van der Waals surface area contributed by atoms with Crippen LogP contribution in [0.15, 0.2) is 29.4 Å². The monoisotopic (exact) mass is 240 g/mol. The predicted molar refractivity (Wildman–Crippen MR) is 64.4 cm³/mol. The summed E-state index contributed by atoms with van der Waals surface area (Å²) in [6.45, 7) is 1.81. The van der Waals surface area contributed by atoms with Gasteiger partial charge >= 0.3 is 5.97 Å². The summed E-state index contributed by atoms with van der Waals surface area (Å²) < 4.78 is 4.76. The van der Waals surface area contributed by atoms with Gasteiger partial charge in [-0.3, -0.25) is 4.79 Å². The average Bonchev–Trinajstić information content (AvgIpc) is 2.36. The third kappa shape index (κ3) is 3.21. The van der Waals surface area contributed by atoms with Gasteiger partial charge in [0.1, 0.15) is 5.54 Å². The molecule has 0 aliphatic rings. The SMILES string of the molecule is CNC(C)(CSc1ccccn1)C(=O)OC. The normalized spacial score (nSPS) is 14.2. The highest BCUT2D eigenvalue weighted by Crippen LogP contribution is 2.21. The largest absolute Gasteiger partial charge is 0.468 e. The number of pyridine rings is 1. The Morgan fingerprint density at radius 3 is 2.88 bits per heavy atom. The lowest BCUT2D eigenvalue weighted by molar-refractivity contribution is -0.146. The second kappa shape index (κ2) is 5.86. The van der Waals surface area contributed by atoms with E-state index in [4.69, 9.17) is 4.74 Å². The van der Waals surface area contributed by atoms with Crippen LogP contribution in [0.4, 0.5) is 0 Å². The summed E-state index contributed by atoms with van der Waals surface area (Å²) in [6.07, 6.45) is 1.73. The number of likely N-dealkylation sites (N-methyl/N-ethyl adjacent to an activating group) is 1. The van der Waals surface area contributed by atoms with Crippen LogP contribution in [0.1, 0.15) is 6.92 Å². The Morgan fingerprint density at radius 2 is 2.38 bits per heavy atom. The maximum absolute atomic E-state index is 11.6. The van der Waals surface area contributed by atoms with Crippen molar-refractivity contribution >= 4 is 17.7 Å². The molecule has 0 radical (unpaired) electrons. The first kappa shape index (κ1) is 13.0. The Morgan fingerprint density at radius 1 is 1.62 bits per heavy atom. The Balaban J connectivity index is 2.62. The van der Waals surface area contributed by atoms with Crippen molar-refractivity contribution < 1.29 is 9.53 Å². The first-order valence-corrected chi connectivity index (χ1v) is 5.92. The van der Waals surface area contributed by atoms with Gasteiger partial charge in [0.05, 0.1) is 12.1 Å². The topological polar surface area (TPSA) is 51.2 Å². The van der Waals surface area contributed by atoms with Crippen molar-refractivity contribution in [2.75, 3.05) is 19.9 Å². The molecule has 1 N–H and O–H groups in total. The van der Waals surface area contributed by atoms with Gasteiger partial charge in [0, 0.05) is 11.9 Å². The lowest BCUT2D eigenvalue weighted by atomic mass is 10.1. The molecule has 4 nitrogen and oxygen atoms in total. The molecular formula is C11H16N2O2S. The van der Waals surface area contributed by atoms with Gasteiger partial charge in [-0.25, -0.2) is 4.98 Å². The van der Waals surface area contributed by atoms with Gasteiger partial charge in [-0.1, -0.05) is 6.07 Å². The average molecular weight is 240 g/mol. The number of rotatable bonds is 5. The number of hydrogen-bond donors (Lipinski definition) is 1. The molecule has 0 spiro atoms. The third-order valence-corrected chi connectivity index (χ3v) is 3.59. The minimum absolute atomic E-state index is 0.265. The Labute approximate surface area is 99.8 Å². The molecule has 0 bridgehead atoms. The first-order valence-electron chi connectivity index (χ1n) is 4.93. The molecule has 0 saturated carbocycles. The Bertz CT molecular complexity index is 345. The van der Waals surface area contributed by atoms with Crippen molar-refractivity contribution in [2.24, 2.45) is 0 Å². The van der Waals surface area contributed by atoms with E-state index in [0.717, 1.165) is 5.03 Å². The molecule has 0 amide bonds.